The molecule has 1 spiro atoms. The highest BCUT2D eigenvalue weighted by Crippen LogP contribution is 2.41. The number of ketones is 1. The highest BCUT2D eigenvalue weighted by molar-refractivity contribution is 7.15. The lowest BCUT2D eigenvalue weighted by Crippen LogP contribution is -2.44. The minimum absolute atomic E-state index is 0.00486. The molecule has 2 aliphatic heterocycles. The van der Waals surface area contributed by atoms with Gasteiger partial charge in [0.25, 0.3) is 5.91 Å². The Bertz CT molecular complexity index is 796. The van der Waals surface area contributed by atoms with Crippen molar-refractivity contribution in [2.75, 3.05) is 32.8 Å². The highest BCUT2D eigenvalue weighted by Gasteiger charge is 2.43. The summed E-state index contributed by atoms with van der Waals surface area (Å²) >= 11 is 1.26. The second kappa shape index (κ2) is 8.13. The number of thiophene rings is 1. The van der Waals surface area contributed by atoms with Crippen LogP contribution in [0.25, 0.3) is 0 Å². The van der Waals surface area contributed by atoms with E-state index in [0.717, 1.165) is 19.3 Å². The number of hydrogen-bond donors (Lipinski definition) is 0. The summed E-state index contributed by atoms with van der Waals surface area (Å²) in [5.41, 5.74) is 0.0756. The van der Waals surface area contributed by atoms with Crippen LogP contribution in [0.15, 0.2) is 12.1 Å². The molecule has 0 unspecified atom stereocenters. The van der Waals surface area contributed by atoms with E-state index in [1.165, 1.54) is 18.3 Å². The maximum absolute atomic E-state index is 12.7. The Hall–Kier alpha value is -2.33. The van der Waals surface area contributed by atoms with E-state index < -0.39 is 0 Å². The van der Waals surface area contributed by atoms with E-state index >= 15 is 0 Å². The van der Waals surface area contributed by atoms with E-state index in [0.29, 0.717) is 35.9 Å². The number of amides is 2. The molecule has 0 N–H and O–H groups in total. The molecule has 0 bridgehead atoms. The van der Waals surface area contributed by atoms with Crippen LogP contribution < -0.4 is 0 Å². The van der Waals surface area contributed by atoms with E-state index in [1.807, 2.05) is 4.90 Å². The van der Waals surface area contributed by atoms with Gasteiger partial charge in [0.1, 0.15) is 0 Å². The van der Waals surface area contributed by atoms with Gasteiger partial charge in [-0.2, -0.15) is 0 Å². The van der Waals surface area contributed by atoms with E-state index in [9.17, 15) is 14.4 Å². The minimum atomic E-state index is -0.302. The Balaban J connectivity index is 1.53. The van der Waals surface area contributed by atoms with Gasteiger partial charge in [-0.3, -0.25) is 9.59 Å². The molecule has 3 rings (SSSR count). The van der Waals surface area contributed by atoms with Gasteiger partial charge in [-0.1, -0.05) is 5.92 Å². The molecule has 2 aliphatic rings. The smallest absolute Gasteiger partial charge is 0.410 e. The lowest BCUT2D eigenvalue weighted by molar-refractivity contribution is 0.0583. The number of carbonyl (C=O) groups is 3. The van der Waals surface area contributed by atoms with Gasteiger partial charge in [0, 0.05) is 26.2 Å². The average molecular weight is 388 g/mol. The Labute approximate surface area is 163 Å². The third kappa shape index (κ3) is 4.33. The molecule has 7 heteroatoms. The fourth-order valence-electron chi connectivity index (χ4n) is 3.74. The average Bonchev–Trinajstić information content (AvgIpc) is 3.30. The lowest BCUT2D eigenvalue weighted by Gasteiger charge is -2.39. The summed E-state index contributed by atoms with van der Waals surface area (Å²) in [6.45, 7) is 6.08. The largest absolute Gasteiger partial charge is 0.436 e. The van der Waals surface area contributed by atoms with E-state index in [-0.39, 0.29) is 29.8 Å². The molecule has 0 radical (unpaired) electrons. The van der Waals surface area contributed by atoms with Gasteiger partial charge in [0.2, 0.25) is 0 Å². The van der Waals surface area contributed by atoms with Crippen LogP contribution in [0.3, 0.4) is 0 Å². The van der Waals surface area contributed by atoms with Gasteiger partial charge in [-0.05, 0) is 50.7 Å². The van der Waals surface area contributed by atoms with Crippen LogP contribution in [0.4, 0.5) is 4.79 Å². The second-order valence-corrected chi connectivity index (χ2v) is 8.25. The summed E-state index contributed by atoms with van der Waals surface area (Å²) in [5, 5.41) is 0. The molecule has 2 amide bonds. The maximum Gasteiger partial charge on any atom is 0.410 e. The summed E-state index contributed by atoms with van der Waals surface area (Å²) in [7, 11) is 0. The van der Waals surface area contributed by atoms with Crippen molar-refractivity contribution in [3.63, 3.8) is 0 Å². The Morgan fingerprint density at radius 2 is 1.74 bits per heavy atom. The van der Waals surface area contributed by atoms with Crippen molar-refractivity contribution < 1.29 is 19.1 Å². The molecule has 0 atom stereocenters. The van der Waals surface area contributed by atoms with Crippen molar-refractivity contribution in [3.8, 4) is 11.8 Å². The number of ether oxygens (including phenoxy) is 1. The second-order valence-electron chi connectivity index (χ2n) is 7.17. The molecule has 0 saturated carbocycles. The first-order chi connectivity index (χ1) is 12.9. The molecule has 2 saturated heterocycles. The van der Waals surface area contributed by atoms with Crippen LogP contribution in [0.1, 0.15) is 52.5 Å². The van der Waals surface area contributed by atoms with E-state index in [4.69, 9.17) is 4.74 Å². The summed E-state index contributed by atoms with van der Waals surface area (Å²) in [6, 6.07) is 3.45. The summed E-state index contributed by atoms with van der Waals surface area (Å²) in [4.78, 5) is 41.1. The zero-order valence-corrected chi connectivity index (χ0v) is 16.6. The molecule has 3 heterocycles. The van der Waals surface area contributed by atoms with Gasteiger partial charge < -0.3 is 14.5 Å². The number of hydrogen-bond acceptors (Lipinski definition) is 5. The van der Waals surface area contributed by atoms with Gasteiger partial charge in [-0.15, -0.1) is 17.3 Å². The number of piperidine rings is 1. The topological polar surface area (TPSA) is 66.9 Å². The first-order valence-electron chi connectivity index (χ1n) is 9.15. The summed E-state index contributed by atoms with van der Waals surface area (Å²) < 4.78 is 5.16. The van der Waals surface area contributed by atoms with Crippen LogP contribution in [-0.2, 0) is 4.74 Å². The van der Waals surface area contributed by atoms with E-state index in [2.05, 4.69) is 11.8 Å². The van der Waals surface area contributed by atoms with Crippen LogP contribution in [0.5, 0.6) is 0 Å². The SMILES string of the molecule is CC#CCOC(=O)N1CCC2(CCN(C(=O)c3ccc(C(C)=O)s3)CC2)C1. The zero-order valence-electron chi connectivity index (χ0n) is 15.7. The van der Waals surface area contributed by atoms with Crippen molar-refractivity contribution in [2.24, 2.45) is 5.41 Å². The third-order valence-corrected chi connectivity index (χ3v) is 6.59. The zero-order chi connectivity index (χ0) is 19.4. The fraction of sp³-hybridized carbons (Fsp3) is 0.550. The number of nitrogens with zero attached hydrogens (tertiary/aromatic N) is 2. The first-order valence-corrected chi connectivity index (χ1v) is 9.97. The predicted octanol–water partition coefficient (Wildman–Crippen LogP) is 3.04. The molecule has 2 fully saturated rings. The standard InChI is InChI=1S/C20H24N2O4S/c1-3-4-13-26-19(25)22-12-9-20(14-22)7-10-21(11-8-20)18(24)17-6-5-16(27-17)15(2)23/h5-6H,7-14H2,1-2H3. The van der Waals surface area contributed by atoms with Crippen molar-refractivity contribution in [3.05, 3.63) is 21.9 Å². The highest BCUT2D eigenvalue weighted by atomic mass is 32.1. The molecule has 0 aromatic carbocycles. The van der Waals surface area contributed by atoms with Crippen LogP contribution in [0.2, 0.25) is 0 Å². The minimum Gasteiger partial charge on any atom is -0.436 e. The van der Waals surface area contributed by atoms with Gasteiger partial charge in [0.15, 0.2) is 12.4 Å². The predicted molar refractivity (Wildman–Crippen MR) is 103 cm³/mol. The maximum atomic E-state index is 12.7. The molecule has 27 heavy (non-hydrogen) atoms. The Morgan fingerprint density at radius 1 is 1.11 bits per heavy atom. The summed E-state index contributed by atoms with van der Waals surface area (Å²) in [6.07, 6.45) is 2.39. The van der Waals surface area contributed by atoms with Crippen molar-refractivity contribution in [1.82, 2.24) is 9.80 Å². The third-order valence-electron chi connectivity index (χ3n) is 5.42. The first kappa shape index (κ1) is 19.4. The number of Topliss-reactive ketones (excluding diaryl/α,β-unsaturated/α-hetero) is 1. The monoisotopic (exact) mass is 388 g/mol. The van der Waals surface area contributed by atoms with Gasteiger partial charge >= 0.3 is 6.09 Å². The molecule has 1 aromatic heterocycles. The van der Waals surface area contributed by atoms with E-state index in [1.54, 1.807) is 24.0 Å². The summed E-state index contributed by atoms with van der Waals surface area (Å²) in [5.74, 6) is 5.42. The molecule has 1 aromatic rings. The van der Waals surface area contributed by atoms with Crippen LogP contribution in [0, 0.1) is 17.3 Å². The molecular formula is C20H24N2O4S. The quantitative estimate of drug-likeness (QED) is 0.590. The van der Waals surface area contributed by atoms with Crippen molar-refractivity contribution >= 4 is 29.1 Å². The molecule has 144 valence electrons. The number of likely N-dealkylation sites (tertiary alicyclic amines) is 2. The molecular weight excluding hydrogens is 364 g/mol. The number of rotatable bonds is 3. The molecule has 0 aliphatic carbocycles. The van der Waals surface area contributed by atoms with Crippen LogP contribution >= 0.6 is 11.3 Å². The van der Waals surface area contributed by atoms with Gasteiger partial charge in [0.05, 0.1) is 9.75 Å². The molecule has 6 nitrogen and oxygen atoms in total. The lowest BCUT2D eigenvalue weighted by atomic mass is 9.78. The van der Waals surface area contributed by atoms with Crippen molar-refractivity contribution in [1.29, 1.82) is 0 Å². The fourth-order valence-corrected chi connectivity index (χ4v) is 4.61. The van der Waals surface area contributed by atoms with Crippen LogP contribution in [-0.4, -0.2) is 60.4 Å². The normalized spacial score (nSPS) is 18.1. The Morgan fingerprint density at radius 3 is 2.33 bits per heavy atom. The van der Waals surface area contributed by atoms with Gasteiger partial charge in [-0.25, -0.2) is 4.79 Å². The number of carbonyl (C=O) groups excluding carboxylic acids is 3. The Kier molecular flexibility index (Phi) is 5.85. The van der Waals surface area contributed by atoms with Crippen molar-refractivity contribution in [2.45, 2.75) is 33.1 Å².